The van der Waals surface area contributed by atoms with Gasteiger partial charge in [-0.05, 0) is 36.5 Å². The van der Waals surface area contributed by atoms with Crippen molar-refractivity contribution in [1.29, 1.82) is 0 Å². The third kappa shape index (κ3) is 5.46. The fraction of sp³-hybridized carbons (Fsp3) is 0.429. The van der Waals surface area contributed by atoms with E-state index in [4.69, 9.17) is 0 Å². The van der Waals surface area contributed by atoms with Gasteiger partial charge >= 0.3 is 6.18 Å². The molecule has 1 aromatic carbocycles. The minimum atomic E-state index is -4.57. The van der Waals surface area contributed by atoms with Crippen molar-refractivity contribution < 1.29 is 26.7 Å². The van der Waals surface area contributed by atoms with Gasteiger partial charge in [0.15, 0.2) is 0 Å². The summed E-state index contributed by atoms with van der Waals surface area (Å²) in [6.45, 7) is 3.20. The van der Waals surface area contributed by atoms with Crippen molar-refractivity contribution >= 4 is 11.7 Å². The Kier molecular flexibility index (Phi) is 6.58. The van der Waals surface area contributed by atoms with Crippen LogP contribution in [0.1, 0.15) is 36.6 Å². The number of nitrogens with zero attached hydrogens (tertiary/aromatic N) is 2. The molecule has 30 heavy (non-hydrogen) atoms. The summed E-state index contributed by atoms with van der Waals surface area (Å²) in [6.07, 6.45) is -3.20. The van der Waals surface area contributed by atoms with E-state index in [0.717, 1.165) is 25.0 Å². The number of benzene rings is 1. The van der Waals surface area contributed by atoms with Gasteiger partial charge < -0.3 is 10.2 Å². The zero-order valence-electron chi connectivity index (χ0n) is 16.4. The van der Waals surface area contributed by atoms with Crippen molar-refractivity contribution in [2.75, 3.05) is 18.0 Å². The number of anilines is 1. The molecule has 0 bridgehead atoms. The molecule has 1 aliphatic heterocycles. The van der Waals surface area contributed by atoms with Crippen molar-refractivity contribution in [2.45, 2.75) is 38.9 Å². The molecule has 4 nitrogen and oxygen atoms in total. The summed E-state index contributed by atoms with van der Waals surface area (Å²) < 4.78 is 66.1. The summed E-state index contributed by atoms with van der Waals surface area (Å²) in [7, 11) is 0. The summed E-state index contributed by atoms with van der Waals surface area (Å²) in [5, 5.41) is 2.59. The SMILES string of the molecule is CC1CCN(c2nc(C(F)(F)F)ccc2CNC(=O)Cc2ccc(F)cc2F)CC1. The maximum Gasteiger partial charge on any atom is 0.433 e. The second-order valence-corrected chi connectivity index (χ2v) is 7.54. The van der Waals surface area contributed by atoms with E-state index in [2.05, 4.69) is 17.2 Å². The van der Waals surface area contributed by atoms with E-state index in [1.165, 1.54) is 12.1 Å². The van der Waals surface area contributed by atoms with Crippen LogP contribution in [0.15, 0.2) is 30.3 Å². The van der Waals surface area contributed by atoms with Crippen molar-refractivity contribution in [3.63, 3.8) is 0 Å². The van der Waals surface area contributed by atoms with E-state index < -0.39 is 29.4 Å². The van der Waals surface area contributed by atoms with Gasteiger partial charge in [0.05, 0.1) is 6.42 Å². The molecule has 0 aliphatic carbocycles. The summed E-state index contributed by atoms with van der Waals surface area (Å²) in [4.78, 5) is 17.8. The molecule has 0 radical (unpaired) electrons. The minimum Gasteiger partial charge on any atom is -0.356 e. The van der Waals surface area contributed by atoms with E-state index in [0.29, 0.717) is 30.6 Å². The third-order valence-electron chi connectivity index (χ3n) is 5.17. The molecule has 1 saturated heterocycles. The first-order chi connectivity index (χ1) is 14.1. The van der Waals surface area contributed by atoms with Gasteiger partial charge in [-0.1, -0.05) is 19.1 Å². The number of alkyl halides is 3. The second-order valence-electron chi connectivity index (χ2n) is 7.54. The largest absolute Gasteiger partial charge is 0.433 e. The van der Waals surface area contributed by atoms with Crippen LogP contribution < -0.4 is 10.2 Å². The molecule has 1 amide bonds. The van der Waals surface area contributed by atoms with Crippen LogP contribution in [0.3, 0.4) is 0 Å². The number of hydrogen-bond donors (Lipinski definition) is 1. The molecule has 1 aliphatic rings. The molecule has 0 spiro atoms. The van der Waals surface area contributed by atoms with Gasteiger partial charge in [-0.2, -0.15) is 13.2 Å². The van der Waals surface area contributed by atoms with E-state index in [9.17, 15) is 26.7 Å². The van der Waals surface area contributed by atoms with Gasteiger partial charge in [0.2, 0.25) is 5.91 Å². The van der Waals surface area contributed by atoms with E-state index in [-0.39, 0.29) is 24.3 Å². The Labute approximate surface area is 171 Å². The van der Waals surface area contributed by atoms with Gasteiger partial charge in [-0.25, -0.2) is 13.8 Å². The van der Waals surface area contributed by atoms with Crippen LogP contribution in [0.4, 0.5) is 27.8 Å². The number of carbonyl (C=O) groups excluding carboxylic acids is 1. The number of nitrogens with one attached hydrogen (secondary N) is 1. The molecule has 2 aromatic rings. The summed E-state index contributed by atoms with van der Waals surface area (Å²) in [6, 6.07) is 5.13. The molecule has 0 atom stereocenters. The highest BCUT2D eigenvalue weighted by Gasteiger charge is 2.34. The van der Waals surface area contributed by atoms with Crippen LogP contribution in [0, 0.1) is 17.6 Å². The van der Waals surface area contributed by atoms with Crippen LogP contribution in [-0.4, -0.2) is 24.0 Å². The smallest absolute Gasteiger partial charge is 0.356 e. The number of amides is 1. The number of hydrogen-bond acceptors (Lipinski definition) is 3. The number of halogens is 5. The summed E-state index contributed by atoms with van der Waals surface area (Å²) >= 11 is 0. The predicted octanol–water partition coefficient (Wildman–Crippen LogP) is 4.47. The van der Waals surface area contributed by atoms with E-state index in [1.807, 2.05) is 0 Å². The molecule has 0 unspecified atom stereocenters. The highest BCUT2D eigenvalue weighted by atomic mass is 19.4. The van der Waals surface area contributed by atoms with E-state index >= 15 is 0 Å². The summed E-state index contributed by atoms with van der Waals surface area (Å²) in [5.41, 5.74) is -0.505. The van der Waals surface area contributed by atoms with Crippen LogP contribution in [0.2, 0.25) is 0 Å². The Morgan fingerprint density at radius 2 is 1.80 bits per heavy atom. The van der Waals surface area contributed by atoms with Crippen molar-refractivity contribution in [2.24, 2.45) is 5.92 Å². The first kappa shape index (κ1) is 22.0. The fourth-order valence-electron chi connectivity index (χ4n) is 3.36. The van der Waals surface area contributed by atoms with Crippen LogP contribution >= 0.6 is 0 Å². The Hall–Kier alpha value is -2.71. The Balaban J connectivity index is 1.74. The number of piperidine rings is 1. The van der Waals surface area contributed by atoms with Crippen LogP contribution in [-0.2, 0) is 23.9 Å². The van der Waals surface area contributed by atoms with Gasteiger partial charge in [-0.15, -0.1) is 0 Å². The van der Waals surface area contributed by atoms with Crippen LogP contribution in [0.25, 0.3) is 0 Å². The van der Waals surface area contributed by atoms with Crippen molar-refractivity contribution in [3.8, 4) is 0 Å². The lowest BCUT2D eigenvalue weighted by molar-refractivity contribution is -0.141. The number of aromatic nitrogens is 1. The average Bonchev–Trinajstić information content (AvgIpc) is 2.68. The molecule has 162 valence electrons. The lowest BCUT2D eigenvalue weighted by Crippen LogP contribution is -2.35. The first-order valence-electron chi connectivity index (χ1n) is 9.66. The molecule has 2 heterocycles. The molecule has 9 heteroatoms. The maximum absolute atomic E-state index is 13.7. The molecule has 0 saturated carbocycles. The highest BCUT2D eigenvalue weighted by molar-refractivity contribution is 5.78. The standard InChI is InChI=1S/C21H22F5N3O/c1-13-6-8-29(9-7-13)20-15(3-5-18(28-20)21(24,25)26)12-27-19(30)10-14-2-4-16(22)11-17(14)23/h2-5,11,13H,6-10,12H2,1H3,(H,27,30). The predicted molar refractivity (Wildman–Crippen MR) is 102 cm³/mol. The molecule has 1 aromatic heterocycles. The molecule has 3 rings (SSSR count). The monoisotopic (exact) mass is 427 g/mol. The second kappa shape index (κ2) is 8.97. The van der Waals surface area contributed by atoms with Gasteiger partial charge in [0, 0.05) is 31.3 Å². The fourth-order valence-corrected chi connectivity index (χ4v) is 3.36. The number of pyridine rings is 1. The van der Waals surface area contributed by atoms with Gasteiger partial charge in [0.1, 0.15) is 23.1 Å². The topological polar surface area (TPSA) is 45.2 Å². The van der Waals surface area contributed by atoms with Crippen LogP contribution in [0.5, 0.6) is 0 Å². The Bertz CT molecular complexity index is 908. The number of carbonyl (C=O) groups is 1. The molecule has 1 N–H and O–H groups in total. The Morgan fingerprint density at radius 1 is 1.13 bits per heavy atom. The zero-order chi connectivity index (χ0) is 21.9. The quantitative estimate of drug-likeness (QED) is 0.716. The maximum atomic E-state index is 13.7. The highest BCUT2D eigenvalue weighted by Crippen LogP contribution is 2.32. The number of rotatable bonds is 5. The van der Waals surface area contributed by atoms with E-state index in [1.54, 1.807) is 4.90 Å². The normalized spacial score (nSPS) is 15.3. The Morgan fingerprint density at radius 3 is 2.43 bits per heavy atom. The molecule has 1 fully saturated rings. The van der Waals surface area contributed by atoms with Gasteiger partial charge in [0.25, 0.3) is 0 Å². The minimum absolute atomic E-state index is 0.0321. The lowest BCUT2D eigenvalue weighted by atomic mass is 9.99. The van der Waals surface area contributed by atoms with Crippen molar-refractivity contribution in [3.05, 3.63) is 58.8 Å². The van der Waals surface area contributed by atoms with Gasteiger partial charge in [-0.3, -0.25) is 4.79 Å². The first-order valence-corrected chi connectivity index (χ1v) is 9.66. The van der Waals surface area contributed by atoms with Crippen molar-refractivity contribution in [1.82, 2.24) is 10.3 Å². The zero-order valence-corrected chi connectivity index (χ0v) is 16.4. The summed E-state index contributed by atoms with van der Waals surface area (Å²) in [5.74, 6) is -1.41. The molecular weight excluding hydrogens is 405 g/mol. The lowest BCUT2D eigenvalue weighted by Gasteiger charge is -2.33. The molecular formula is C21H22F5N3O. The average molecular weight is 427 g/mol. The third-order valence-corrected chi connectivity index (χ3v) is 5.17.